The quantitative estimate of drug-likeness (QED) is 0.187. The van der Waals surface area contributed by atoms with Crippen LogP contribution in [0.2, 0.25) is 0 Å². The van der Waals surface area contributed by atoms with Crippen molar-refractivity contribution >= 4 is 5.78 Å². The number of carbonyl (C=O) groups is 1. The molecule has 5 aliphatic rings. The third-order valence-corrected chi connectivity index (χ3v) is 11.5. The molecule has 0 radical (unpaired) electrons. The lowest BCUT2D eigenvalue weighted by Gasteiger charge is -2.61. The summed E-state index contributed by atoms with van der Waals surface area (Å²) in [5, 5.41) is 62.5. The van der Waals surface area contributed by atoms with Crippen LogP contribution in [0.15, 0.2) is 24.3 Å². The maximum atomic E-state index is 13.6. The number of carbonyl (C=O) groups excluding carboxylic acids is 1. The van der Waals surface area contributed by atoms with Gasteiger partial charge in [-0.1, -0.05) is 39.8 Å². The van der Waals surface area contributed by atoms with Crippen molar-refractivity contribution in [1.29, 1.82) is 0 Å². The van der Waals surface area contributed by atoms with Gasteiger partial charge >= 0.3 is 0 Å². The van der Waals surface area contributed by atoms with Crippen LogP contribution in [0.5, 0.6) is 0 Å². The van der Waals surface area contributed by atoms with Crippen LogP contribution in [0, 0.1) is 28.1 Å². The predicted octanol–water partition coefficient (Wildman–Crippen LogP) is 0.967. The van der Waals surface area contributed by atoms with Gasteiger partial charge in [0.25, 0.3) is 0 Å². The van der Waals surface area contributed by atoms with Gasteiger partial charge in [-0.2, -0.15) is 0 Å². The monoisotopic (exact) mass is 610 g/mol. The number of Topliss-reactive ketones (excluding diaryl/α,β-unsaturated/α-hetero) is 1. The van der Waals surface area contributed by atoms with Crippen LogP contribution in [0.25, 0.3) is 0 Å². The molecule has 11 heteroatoms. The van der Waals surface area contributed by atoms with E-state index >= 15 is 0 Å². The van der Waals surface area contributed by atoms with Crippen molar-refractivity contribution in [3.63, 3.8) is 0 Å². The van der Waals surface area contributed by atoms with Gasteiger partial charge in [0.15, 0.2) is 18.4 Å². The number of aliphatic hydroxyl groups excluding tert-OH is 6. The Kier molecular flexibility index (Phi) is 9.12. The Bertz CT molecular complexity index is 1090. The Balaban J connectivity index is 1.39. The van der Waals surface area contributed by atoms with Crippen molar-refractivity contribution in [3.05, 3.63) is 24.3 Å². The Morgan fingerprint density at radius 3 is 2.28 bits per heavy atom. The zero-order valence-electron chi connectivity index (χ0n) is 25.8. The minimum atomic E-state index is -1.65. The first-order valence-electron chi connectivity index (χ1n) is 15.6. The number of rotatable bonds is 6. The molecule has 6 N–H and O–H groups in total. The fourth-order valence-corrected chi connectivity index (χ4v) is 8.54. The molecule has 43 heavy (non-hydrogen) atoms. The van der Waals surface area contributed by atoms with Crippen molar-refractivity contribution in [2.24, 2.45) is 28.1 Å². The predicted molar refractivity (Wildman–Crippen MR) is 153 cm³/mol. The van der Waals surface area contributed by atoms with Crippen molar-refractivity contribution in [1.82, 2.24) is 0 Å². The summed E-state index contributed by atoms with van der Waals surface area (Å²) in [6.07, 6.45) is -6.56. The highest BCUT2D eigenvalue weighted by Gasteiger charge is 2.61. The van der Waals surface area contributed by atoms with E-state index in [1.165, 1.54) is 6.92 Å². The number of hydrogen-bond donors (Lipinski definition) is 6. The van der Waals surface area contributed by atoms with E-state index in [9.17, 15) is 35.4 Å². The molecule has 3 aliphatic carbocycles. The maximum Gasteiger partial charge on any atom is 0.187 e. The fraction of sp³-hybridized carbons (Fsp3) is 0.844. The Labute approximate surface area is 253 Å². The van der Waals surface area contributed by atoms with Gasteiger partial charge in [0.05, 0.1) is 18.8 Å². The Hall–Kier alpha value is -1.25. The van der Waals surface area contributed by atoms with Crippen LogP contribution in [-0.2, 0) is 23.7 Å². The van der Waals surface area contributed by atoms with Gasteiger partial charge in [-0.05, 0) is 60.8 Å². The van der Waals surface area contributed by atoms with E-state index in [2.05, 4.69) is 40.3 Å². The van der Waals surface area contributed by atoms with Crippen molar-refractivity contribution in [3.8, 4) is 0 Å². The molecule has 0 aromatic rings. The number of hydrogen-bond acceptors (Lipinski definition) is 11. The number of ether oxygens (including phenoxy) is 4. The van der Waals surface area contributed by atoms with E-state index < -0.39 is 79.5 Å². The molecule has 15 atom stereocenters. The molecule has 2 aliphatic heterocycles. The van der Waals surface area contributed by atoms with Gasteiger partial charge in [0.1, 0.15) is 42.7 Å². The topological polar surface area (TPSA) is 175 Å². The summed E-state index contributed by atoms with van der Waals surface area (Å²) in [6, 6.07) is 0. The van der Waals surface area contributed by atoms with E-state index in [1.807, 2.05) is 6.08 Å². The van der Waals surface area contributed by atoms with E-state index in [1.54, 1.807) is 0 Å². The number of allylic oxidation sites excluding steroid dienone is 3. The summed E-state index contributed by atoms with van der Waals surface area (Å²) in [5.74, 6) is 0.286. The van der Waals surface area contributed by atoms with Gasteiger partial charge < -0.3 is 49.6 Å². The van der Waals surface area contributed by atoms with Crippen LogP contribution in [0.3, 0.4) is 0 Å². The van der Waals surface area contributed by atoms with Crippen molar-refractivity contribution in [2.45, 2.75) is 134 Å². The number of ketones is 1. The second-order valence-corrected chi connectivity index (χ2v) is 14.6. The maximum absolute atomic E-state index is 13.6. The average molecular weight is 611 g/mol. The molecule has 0 unspecified atom stereocenters. The van der Waals surface area contributed by atoms with Crippen LogP contribution in [0.4, 0.5) is 0 Å². The van der Waals surface area contributed by atoms with Crippen LogP contribution in [0.1, 0.15) is 66.7 Å². The molecular formula is C32H50O11. The normalized spacial score (nSPS) is 51.7. The Morgan fingerprint density at radius 2 is 1.63 bits per heavy atom. The highest BCUT2D eigenvalue weighted by molar-refractivity contribution is 5.97. The summed E-state index contributed by atoms with van der Waals surface area (Å²) in [4.78, 5) is 13.6. The molecule has 4 fully saturated rings. The first-order valence-corrected chi connectivity index (χ1v) is 15.6. The molecule has 2 saturated heterocycles. The molecule has 244 valence electrons. The van der Waals surface area contributed by atoms with Crippen molar-refractivity contribution in [2.75, 3.05) is 6.61 Å². The summed E-state index contributed by atoms with van der Waals surface area (Å²) in [7, 11) is 0. The van der Waals surface area contributed by atoms with E-state index in [0.717, 1.165) is 24.8 Å². The molecule has 0 spiro atoms. The van der Waals surface area contributed by atoms with Crippen molar-refractivity contribution < 1.29 is 54.4 Å². The SMILES string of the molecule is C=C[C@]1(C)C=C2C(=O)C[C@@H]3C(C)(C)[C@H](O[C@@H]4O[C@H](CO)[C@H](O)[C@H](O)[C@@H]4O[C@@H]4O[C@@H](C)[C@H](O)[C@@H](O)[C@H]4O)CC[C@@]3(C)[C@@H]2CC1. The fourth-order valence-electron chi connectivity index (χ4n) is 8.54. The minimum Gasteiger partial charge on any atom is -0.394 e. The molecule has 5 rings (SSSR count). The van der Waals surface area contributed by atoms with E-state index in [4.69, 9.17) is 18.9 Å². The summed E-state index contributed by atoms with van der Waals surface area (Å²) < 4.78 is 24.0. The van der Waals surface area contributed by atoms with Crippen LogP contribution < -0.4 is 0 Å². The molecule has 2 saturated carbocycles. The third kappa shape index (κ3) is 5.58. The molecular weight excluding hydrogens is 560 g/mol. The molecule has 0 aromatic heterocycles. The molecule has 11 nitrogen and oxygen atoms in total. The average Bonchev–Trinajstić information content (AvgIpc) is 2.97. The first kappa shape index (κ1) is 33.1. The van der Waals surface area contributed by atoms with Gasteiger partial charge in [0, 0.05) is 11.8 Å². The zero-order valence-corrected chi connectivity index (χ0v) is 25.8. The van der Waals surface area contributed by atoms with Crippen LogP contribution >= 0.6 is 0 Å². The number of fused-ring (bicyclic) bond motifs is 3. The zero-order chi connectivity index (χ0) is 31.6. The summed E-state index contributed by atoms with van der Waals surface area (Å²) in [6.45, 7) is 13.5. The van der Waals surface area contributed by atoms with Gasteiger partial charge in [-0.25, -0.2) is 0 Å². The van der Waals surface area contributed by atoms with E-state index in [-0.39, 0.29) is 28.4 Å². The lowest BCUT2D eigenvalue weighted by atomic mass is 9.44. The van der Waals surface area contributed by atoms with E-state index in [0.29, 0.717) is 12.8 Å². The largest absolute Gasteiger partial charge is 0.394 e. The second-order valence-electron chi connectivity index (χ2n) is 14.6. The Morgan fingerprint density at radius 1 is 0.930 bits per heavy atom. The van der Waals surface area contributed by atoms with Gasteiger partial charge in [-0.3, -0.25) is 4.79 Å². The summed E-state index contributed by atoms with van der Waals surface area (Å²) in [5.41, 5.74) is 0.0874. The summed E-state index contributed by atoms with van der Waals surface area (Å²) >= 11 is 0. The highest BCUT2D eigenvalue weighted by Crippen LogP contribution is 2.63. The molecule has 0 amide bonds. The molecule has 2 heterocycles. The number of aliphatic hydroxyl groups is 6. The molecule has 0 bridgehead atoms. The lowest BCUT2D eigenvalue weighted by Crippen LogP contribution is -2.65. The second kappa shape index (κ2) is 11.8. The smallest absolute Gasteiger partial charge is 0.187 e. The lowest BCUT2D eigenvalue weighted by molar-refractivity contribution is -0.375. The van der Waals surface area contributed by atoms with Gasteiger partial charge in [0.2, 0.25) is 0 Å². The third-order valence-electron chi connectivity index (χ3n) is 11.5. The first-order chi connectivity index (χ1) is 20.1. The minimum absolute atomic E-state index is 0.00502. The molecule has 0 aromatic carbocycles. The highest BCUT2D eigenvalue weighted by atomic mass is 16.8. The van der Waals surface area contributed by atoms with Gasteiger partial charge in [-0.15, -0.1) is 6.58 Å². The standard InChI is InChI=1S/C32H50O11/c1-7-31(5)10-8-17-16(13-31)18(34)12-20-30(3,4)21(9-11-32(17,20)6)42-29-27(25(38)23(36)19(14-33)41-29)43-28-26(39)24(37)22(35)15(2)40-28/h7,13,15,17,19-29,33,35-39H,1,8-12,14H2,2-6H3/t15-,17+,19+,20+,21+,22-,23-,24+,25-,26+,27-,28-,29-,31-,32-/m0/s1. The van der Waals surface area contributed by atoms with Crippen LogP contribution in [-0.4, -0.2) is 111 Å².